The van der Waals surface area contributed by atoms with Crippen LogP contribution in [0, 0.1) is 17.0 Å². The zero-order valence-corrected chi connectivity index (χ0v) is 13.9. The first kappa shape index (κ1) is 17.5. The molecule has 2 aromatic rings. The summed E-state index contributed by atoms with van der Waals surface area (Å²) in [6.07, 6.45) is 0. The number of nitrogens with one attached hydrogen (secondary N) is 1. The molecule has 0 spiro atoms. The van der Waals surface area contributed by atoms with Gasteiger partial charge in [0.2, 0.25) is 0 Å². The van der Waals surface area contributed by atoms with Gasteiger partial charge < -0.3 is 10.1 Å². The standard InChI is InChI=1S/C18H20N2O4/c1-12(2)16-6-4-5-13(3)18(16)19-17(21)11-24-15-9-7-14(8-10-15)20(22)23/h4-10,12H,11H2,1-3H3,(H,19,21). The van der Waals surface area contributed by atoms with E-state index in [0.29, 0.717) is 5.75 Å². The fourth-order valence-corrected chi connectivity index (χ4v) is 2.33. The van der Waals surface area contributed by atoms with E-state index in [4.69, 9.17) is 4.74 Å². The average molecular weight is 328 g/mol. The van der Waals surface area contributed by atoms with Gasteiger partial charge in [0, 0.05) is 17.8 Å². The maximum atomic E-state index is 12.1. The van der Waals surface area contributed by atoms with Crippen LogP contribution in [0.5, 0.6) is 5.75 Å². The largest absolute Gasteiger partial charge is 0.484 e. The highest BCUT2D eigenvalue weighted by Crippen LogP contribution is 2.27. The molecule has 0 atom stereocenters. The Morgan fingerprint density at radius 3 is 2.46 bits per heavy atom. The number of para-hydroxylation sites is 1. The Labute approximate surface area is 140 Å². The monoisotopic (exact) mass is 328 g/mol. The molecule has 1 amide bonds. The first-order valence-electron chi connectivity index (χ1n) is 7.65. The van der Waals surface area contributed by atoms with Crippen molar-refractivity contribution in [1.82, 2.24) is 0 Å². The molecule has 126 valence electrons. The van der Waals surface area contributed by atoms with Crippen molar-refractivity contribution in [2.45, 2.75) is 26.7 Å². The van der Waals surface area contributed by atoms with Gasteiger partial charge in [-0.15, -0.1) is 0 Å². The molecule has 1 N–H and O–H groups in total. The summed E-state index contributed by atoms with van der Waals surface area (Å²) in [4.78, 5) is 22.3. The second-order valence-electron chi connectivity index (χ2n) is 5.78. The first-order valence-corrected chi connectivity index (χ1v) is 7.65. The number of ether oxygens (including phenoxy) is 1. The highest BCUT2D eigenvalue weighted by Gasteiger charge is 2.12. The molecule has 24 heavy (non-hydrogen) atoms. The van der Waals surface area contributed by atoms with Gasteiger partial charge in [-0.1, -0.05) is 32.0 Å². The lowest BCUT2D eigenvalue weighted by Gasteiger charge is -2.16. The van der Waals surface area contributed by atoms with Crippen molar-refractivity contribution in [2.24, 2.45) is 0 Å². The second-order valence-corrected chi connectivity index (χ2v) is 5.78. The molecule has 0 saturated carbocycles. The molecule has 6 heteroatoms. The van der Waals surface area contributed by atoms with Crippen molar-refractivity contribution in [3.8, 4) is 5.75 Å². The van der Waals surface area contributed by atoms with E-state index in [2.05, 4.69) is 19.2 Å². The lowest BCUT2D eigenvalue weighted by Crippen LogP contribution is -2.21. The van der Waals surface area contributed by atoms with Crippen LogP contribution in [0.15, 0.2) is 42.5 Å². The normalized spacial score (nSPS) is 10.5. The van der Waals surface area contributed by atoms with Crippen LogP contribution in [-0.4, -0.2) is 17.4 Å². The number of nitro groups is 1. The highest BCUT2D eigenvalue weighted by molar-refractivity contribution is 5.93. The zero-order chi connectivity index (χ0) is 17.7. The first-order chi connectivity index (χ1) is 11.4. The Hall–Kier alpha value is -2.89. The van der Waals surface area contributed by atoms with E-state index >= 15 is 0 Å². The molecule has 0 aliphatic rings. The summed E-state index contributed by atoms with van der Waals surface area (Å²) in [6, 6.07) is 11.5. The third kappa shape index (κ3) is 4.32. The third-order valence-electron chi connectivity index (χ3n) is 3.61. The van der Waals surface area contributed by atoms with Crippen molar-refractivity contribution in [3.05, 3.63) is 63.7 Å². The minimum atomic E-state index is -0.484. The molecular formula is C18H20N2O4. The number of carbonyl (C=O) groups is 1. The topological polar surface area (TPSA) is 81.5 Å². The van der Waals surface area contributed by atoms with Gasteiger partial charge in [-0.25, -0.2) is 0 Å². The van der Waals surface area contributed by atoms with Gasteiger partial charge in [-0.2, -0.15) is 0 Å². The Bertz CT molecular complexity index is 739. The number of amides is 1. The lowest BCUT2D eigenvalue weighted by molar-refractivity contribution is -0.384. The van der Waals surface area contributed by atoms with Crippen molar-refractivity contribution in [3.63, 3.8) is 0 Å². The van der Waals surface area contributed by atoms with Gasteiger partial charge in [0.25, 0.3) is 11.6 Å². The van der Waals surface area contributed by atoms with Crippen LogP contribution >= 0.6 is 0 Å². The summed E-state index contributed by atoms with van der Waals surface area (Å²) in [5, 5.41) is 13.5. The number of benzene rings is 2. The van der Waals surface area contributed by atoms with E-state index in [1.54, 1.807) is 0 Å². The van der Waals surface area contributed by atoms with Gasteiger partial charge in [0.1, 0.15) is 5.75 Å². The second kappa shape index (κ2) is 7.59. The number of aryl methyl sites for hydroxylation is 1. The number of rotatable bonds is 6. The van der Waals surface area contributed by atoms with Gasteiger partial charge in [-0.3, -0.25) is 14.9 Å². The number of nitrogens with zero attached hydrogens (tertiary/aromatic N) is 1. The van der Waals surface area contributed by atoms with E-state index in [1.165, 1.54) is 24.3 Å². The molecule has 6 nitrogen and oxygen atoms in total. The van der Waals surface area contributed by atoms with Crippen molar-refractivity contribution < 1.29 is 14.5 Å². The van der Waals surface area contributed by atoms with E-state index in [-0.39, 0.29) is 24.1 Å². The van der Waals surface area contributed by atoms with E-state index in [9.17, 15) is 14.9 Å². The SMILES string of the molecule is Cc1cccc(C(C)C)c1NC(=O)COc1ccc([N+](=O)[O-])cc1. The van der Waals surface area contributed by atoms with Gasteiger partial charge >= 0.3 is 0 Å². The van der Waals surface area contributed by atoms with Gasteiger partial charge in [0.05, 0.1) is 4.92 Å². The van der Waals surface area contributed by atoms with Crippen LogP contribution in [0.3, 0.4) is 0 Å². The quantitative estimate of drug-likeness (QED) is 0.641. The predicted molar refractivity (Wildman–Crippen MR) is 92.5 cm³/mol. The van der Waals surface area contributed by atoms with Crippen LogP contribution < -0.4 is 10.1 Å². The molecule has 0 aliphatic heterocycles. The van der Waals surface area contributed by atoms with Gasteiger partial charge in [-0.05, 0) is 36.1 Å². The number of nitro benzene ring substituents is 1. The maximum absolute atomic E-state index is 12.1. The van der Waals surface area contributed by atoms with E-state index in [0.717, 1.165) is 16.8 Å². The van der Waals surface area contributed by atoms with Crippen molar-refractivity contribution in [1.29, 1.82) is 0 Å². The Morgan fingerprint density at radius 1 is 1.21 bits per heavy atom. The number of hydrogen-bond acceptors (Lipinski definition) is 4. The van der Waals surface area contributed by atoms with Crippen LogP contribution in [0.2, 0.25) is 0 Å². The zero-order valence-electron chi connectivity index (χ0n) is 13.9. The number of carbonyl (C=O) groups excluding carboxylic acids is 1. The van der Waals surface area contributed by atoms with Crippen LogP contribution in [0.1, 0.15) is 30.9 Å². The fraction of sp³-hybridized carbons (Fsp3) is 0.278. The summed E-state index contributed by atoms with van der Waals surface area (Å²) in [5.41, 5.74) is 2.85. The fourth-order valence-electron chi connectivity index (χ4n) is 2.33. The minimum absolute atomic E-state index is 0.0201. The highest BCUT2D eigenvalue weighted by atomic mass is 16.6. The number of anilines is 1. The smallest absolute Gasteiger partial charge is 0.269 e. The molecule has 2 aromatic carbocycles. The molecular weight excluding hydrogens is 308 g/mol. The van der Waals surface area contributed by atoms with Crippen molar-refractivity contribution >= 4 is 17.3 Å². The molecule has 0 heterocycles. The van der Waals surface area contributed by atoms with E-state index < -0.39 is 4.92 Å². The predicted octanol–water partition coefficient (Wildman–Crippen LogP) is 4.04. The minimum Gasteiger partial charge on any atom is -0.484 e. The number of non-ortho nitro benzene ring substituents is 1. The molecule has 0 bridgehead atoms. The third-order valence-corrected chi connectivity index (χ3v) is 3.61. The van der Waals surface area contributed by atoms with Crippen LogP contribution in [0.4, 0.5) is 11.4 Å². The Kier molecular flexibility index (Phi) is 5.52. The lowest BCUT2D eigenvalue weighted by atomic mass is 9.98. The summed E-state index contributed by atoms with van der Waals surface area (Å²) in [6.45, 7) is 5.91. The average Bonchev–Trinajstić information content (AvgIpc) is 2.55. The molecule has 2 rings (SSSR count). The molecule has 0 unspecified atom stereocenters. The maximum Gasteiger partial charge on any atom is 0.269 e. The summed E-state index contributed by atoms with van der Waals surface area (Å²) in [7, 11) is 0. The summed E-state index contributed by atoms with van der Waals surface area (Å²) in [5.74, 6) is 0.421. The van der Waals surface area contributed by atoms with Crippen LogP contribution in [-0.2, 0) is 4.79 Å². The Morgan fingerprint density at radius 2 is 1.88 bits per heavy atom. The Balaban J connectivity index is 2.00. The number of hydrogen-bond donors (Lipinski definition) is 1. The van der Waals surface area contributed by atoms with Crippen molar-refractivity contribution in [2.75, 3.05) is 11.9 Å². The van der Waals surface area contributed by atoms with E-state index in [1.807, 2.05) is 25.1 Å². The molecule has 0 radical (unpaired) electrons. The molecule has 0 aromatic heterocycles. The summed E-state index contributed by atoms with van der Waals surface area (Å²) < 4.78 is 5.38. The molecule has 0 aliphatic carbocycles. The van der Waals surface area contributed by atoms with Gasteiger partial charge in [0.15, 0.2) is 6.61 Å². The van der Waals surface area contributed by atoms with Crippen LogP contribution in [0.25, 0.3) is 0 Å². The molecule has 0 fully saturated rings. The molecule has 0 saturated heterocycles. The summed E-state index contributed by atoms with van der Waals surface area (Å²) >= 11 is 0.